The number of benzene rings is 1. The number of hydrogen-bond donors (Lipinski definition) is 0. The highest BCUT2D eigenvalue weighted by molar-refractivity contribution is 5.63. The molecule has 4 heteroatoms. The van der Waals surface area contributed by atoms with Crippen molar-refractivity contribution in [3.05, 3.63) is 29.8 Å². The molecule has 0 amide bonds. The van der Waals surface area contributed by atoms with Crippen LogP contribution in [0.3, 0.4) is 0 Å². The quantitative estimate of drug-likeness (QED) is 0.849. The monoisotopic (exact) mass is 258 g/mol. The summed E-state index contributed by atoms with van der Waals surface area (Å²) in [4.78, 5) is 0. The zero-order valence-electron chi connectivity index (χ0n) is 11.5. The minimum absolute atomic E-state index is 0.189. The largest absolute Gasteiger partial charge is 0.491 e. The van der Waals surface area contributed by atoms with Gasteiger partial charge in [-0.2, -0.15) is 5.10 Å². The van der Waals surface area contributed by atoms with Crippen LogP contribution in [0.15, 0.2) is 24.3 Å². The average Bonchev–Trinajstić information content (AvgIpc) is 2.91. The molecular weight excluding hydrogens is 240 g/mol. The maximum Gasteiger partial charge on any atom is 0.212 e. The van der Waals surface area contributed by atoms with Crippen LogP contribution in [0.25, 0.3) is 11.3 Å². The van der Waals surface area contributed by atoms with Crippen molar-refractivity contribution >= 4 is 0 Å². The number of nitrogens with zero attached hydrogens (tertiary/aromatic N) is 2. The minimum atomic E-state index is 0.189. The molecule has 0 bridgehead atoms. The molecule has 4 nitrogen and oxygen atoms in total. The number of hydrogen-bond acceptors (Lipinski definition) is 3. The van der Waals surface area contributed by atoms with Crippen LogP contribution in [0.4, 0.5) is 0 Å². The Bertz CT molecular complexity index is 581. The summed E-state index contributed by atoms with van der Waals surface area (Å²) >= 11 is 0. The Morgan fingerprint density at radius 2 is 2.16 bits per heavy atom. The van der Waals surface area contributed by atoms with Crippen molar-refractivity contribution in [1.82, 2.24) is 9.78 Å². The summed E-state index contributed by atoms with van der Waals surface area (Å²) in [7, 11) is 0. The zero-order valence-corrected chi connectivity index (χ0v) is 11.5. The van der Waals surface area contributed by atoms with Crippen molar-refractivity contribution < 1.29 is 9.47 Å². The molecule has 0 unspecified atom stereocenters. The van der Waals surface area contributed by atoms with Crippen molar-refractivity contribution in [2.45, 2.75) is 33.4 Å². The standard InChI is InChI=1S/C15H18N2O2/c1-10(2)19-14-5-4-12(8-11(14)3)13-9-15-17(16-13)6-7-18-15/h4-5,8-10H,6-7H2,1-3H3. The lowest BCUT2D eigenvalue weighted by atomic mass is 10.1. The van der Waals surface area contributed by atoms with Crippen molar-refractivity contribution in [2.75, 3.05) is 6.61 Å². The van der Waals surface area contributed by atoms with E-state index in [-0.39, 0.29) is 6.10 Å². The minimum Gasteiger partial charge on any atom is -0.491 e. The molecule has 1 aromatic carbocycles. The van der Waals surface area contributed by atoms with Gasteiger partial charge in [0.25, 0.3) is 0 Å². The summed E-state index contributed by atoms with van der Waals surface area (Å²) in [6, 6.07) is 8.15. The molecule has 1 aromatic heterocycles. The third-order valence-electron chi connectivity index (χ3n) is 3.13. The molecular formula is C15H18N2O2. The Balaban J connectivity index is 1.90. The molecule has 0 atom stereocenters. The highest BCUT2D eigenvalue weighted by Gasteiger charge is 2.16. The molecule has 1 aliphatic rings. The van der Waals surface area contributed by atoms with E-state index in [0.29, 0.717) is 0 Å². The summed E-state index contributed by atoms with van der Waals surface area (Å²) in [5.74, 6) is 1.79. The molecule has 0 fully saturated rings. The van der Waals surface area contributed by atoms with E-state index in [1.807, 2.05) is 36.7 Å². The first-order valence-corrected chi connectivity index (χ1v) is 6.62. The Morgan fingerprint density at radius 3 is 2.84 bits per heavy atom. The van der Waals surface area contributed by atoms with E-state index in [9.17, 15) is 0 Å². The van der Waals surface area contributed by atoms with E-state index in [1.54, 1.807) is 0 Å². The second kappa shape index (κ2) is 4.61. The lowest BCUT2D eigenvalue weighted by Gasteiger charge is -2.12. The van der Waals surface area contributed by atoms with Crippen LogP contribution in [0.1, 0.15) is 19.4 Å². The van der Waals surface area contributed by atoms with Gasteiger partial charge in [-0.3, -0.25) is 0 Å². The van der Waals surface area contributed by atoms with Crippen molar-refractivity contribution in [1.29, 1.82) is 0 Å². The van der Waals surface area contributed by atoms with Gasteiger partial charge in [0.15, 0.2) is 0 Å². The van der Waals surface area contributed by atoms with Gasteiger partial charge in [0.2, 0.25) is 5.88 Å². The van der Waals surface area contributed by atoms with Gasteiger partial charge in [-0.25, -0.2) is 4.68 Å². The predicted octanol–water partition coefficient (Wildman–Crippen LogP) is 3.04. The first-order chi connectivity index (χ1) is 9.13. The fourth-order valence-electron chi connectivity index (χ4n) is 2.25. The van der Waals surface area contributed by atoms with Crippen LogP contribution >= 0.6 is 0 Å². The Morgan fingerprint density at radius 1 is 1.32 bits per heavy atom. The smallest absolute Gasteiger partial charge is 0.212 e. The summed E-state index contributed by atoms with van der Waals surface area (Å²) in [5, 5.41) is 4.54. The molecule has 2 aromatic rings. The molecule has 19 heavy (non-hydrogen) atoms. The molecule has 0 aliphatic carbocycles. The van der Waals surface area contributed by atoms with Gasteiger partial charge in [-0.05, 0) is 44.5 Å². The topological polar surface area (TPSA) is 36.3 Å². The van der Waals surface area contributed by atoms with Gasteiger partial charge in [-0.1, -0.05) is 0 Å². The predicted molar refractivity (Wildman–Crippen MR) is 73.7 cm³/mol. The number of fused-ring (bicyclic) bond motifs is 1. The van der Waals surface area contributed by atoms with Crippen LogP contribution in [0, 0.1) is 6.92 Å². The number of aryl methyl sites for hydroxylation is 1. The van der Waals surface area contributed by atoms with Crippen LogP contribution in [0.5, 0.6) is 11.6 Å². The van der Waals surface area contributed by atoms with Crippen molar-refractivity contribution in [3.8, 4) is 22.9 Å². The van der Waals surface area contributed by atoms with Crippen molar-refractivity contribution in [2.24, 2.45) is 0 Å². The van der Waals surface area contributed by atoms with E-state index in [1.165, 1.54) is 0 Å². The molecule has 1 aliphatic heterocycles. The number of ether oxygens (including phenoxy) is 2. The Labute approximate surface area is 113 Å². The summed E-state index contributed by atoms with van der Waals surface area (Å²) in [6.45, 7) is 7.68. The van der Waals surface area contributed by atoms with Gasteiger partial charge in [0.05, 0.1) is 18.3 Å². The fourth-order valence-corrected chi connectivity index (χ4v) is 2.25. The van der Waals surface area contributed by atoms with Crippen LogP contribution in [0.2, 0.25) is 0 Å². The number of rotatable bonds is 3. The van der Waals surface area contributed by atoms with E-state index in [2.05, 4.69) is 18.1 Å². The maximum atomic E-state index is 5.75. The van der Waals surface area contributed by atoms with Gasteiger partial charge in [0.1, 0.15) is 12.4 Å². The lowest BCUT2D eigenvalue weighted by Crippen LogP contribution is -2.06. The molecule has 0 saturated heterocycles. The SMILES string of the molecule is Cc1cc(-c2cc3n(n2)CCO3)ccc1OC(C)C. The summed E-state index contributed by atoms with van der Waals surface area (Å²) in [5.41, 5.74) is 3.17. The van der Waals surface area contributed by atoms with Gasteiger partial charge in [-0.15, -0.1) is 0 Å². The zero-order chi connectivity index (χ0) is 13.4. The van der Waals surface area contributed by atoms with E-state index in [0.717, 1.165) is 41.6 Å². The molecule has 2 heterocycles. The first kappa shape index (κ1) is 12.1. The van der Waals surface area contributed by atoms with Crippen LogP contribution < -0.4 is 9.47 Å². The van der Waals surface area contributed by atoms with Crippen LogP contribution in [-0.4, -0.2) is 22.5 Å². The highest BCUT2D eigenvalue weighted by Crippen LogP contribution is 2.29. The second-order valence-corrected chi connectivity index (χ2v) is 5.09. The van der Waals surface area contributed by atoms with Gasteiger partial charge < -0.3 is 9.47 Å². The third-order valence-corrected chi connectivity index (χ3v) is 3.13. The molecule has 0 N–H and O–H groups in total. The Hall–Kier alpha value is -1.97. The average molecular weight is 258 g/mol. The van der Waals surface area contributed by atoms with Crippen molar-refractivity contribution in [3.63, 3.8) is 0 Å². The normalized spacial score (nSPS) is 13.5. The molecule has 0 radical (unpaired) electrons. The highest BCUT2D eigenvalue weighted by atomic mass is 16.5. The van der Waals surface area contributed by atoms with Gasteiger partial charge in [0, 0.05) is 11.6 Å². The fraction of sp³-hybridized carbons (Fsp3) is 0.400. The summed E-state index contributed by atoms with van der Waals surface area (Å²) in [6.07, 6.45) is 0.189. The van der Waals surface area contributed by atoms with E-state index in [4.69, 9.17) is 9.47 Å². The van der Waals surface area contributed by atoms with Gasteiger partial charge >= 0.3 is 0 Å². The molecule has 3 rings (SSSR count). The maximum absolute atomic E-state index is 5.75. The summed E-state index contributed by atoms with van der Waals surface area (Å²) < 4.78 is 13.1. The van der Waals surface area contributed by atoms with E-state index < -0.39 is 0 Å². The molecule has 0 spiro atoms. The Kier molecular flexibility index (Phi) is 2.93. The number of aromatic nitrogens is 2. The molecule has 100 valence electrons. The lowest BCUT2D eigenvalue weighted by molar-refractivity contribution is 0.241. The van der Waals surface area contributed by atoms with E-state index >= 15 is 0 Å². The van der Waals surface area contributed by atoms with Crippen LogP contribution in [-0.2, 0) is 6.54 Å². The molecule has 0 saturated carbocycles. The third kappa shape index (κ3) is 2.30. The first-order valence-electron chi connectivity index (χ1n) is 6.62. The second-order valence-electron chi connectivity index (χ2n) is 5.09.